The standard InChI is InChI=1S/C23H26FNO5S/c24-20-10-8-19(9-11-20)22(26)17-30-23(27)14-7-18-5-12-21(13-6-18)31(28,29)25-15-3-1-2-4-16-25/h5-6,8-13H,1-4,7,14-17H2. The molecule has 31 heavy (non-hydrogen) atoms. The number of carbonyl (C=O) groups is 2. The van der Waals surface area contributed by atoms with E-state index >= 15 is 0 Å². The fraction of sp³-hybridized carbons (Fsp3) is 0.391. The van der Waals surface area contributed by atoms with Crippen LogP contribution in [0.15, 0.2) is 53.4 Å². The fourth-order valence-electron chi connectivity index (χ4n) is 3.44. The Morgan fingerprint density at radius 3 is 2.13 bits per heavy atom. The second kappa shape index (κ2) is 10.6. The van der Waals surface area contributed by atoms with Crippen molar-refractivity contribution in [2.75, 3.05) is 19.7 Å². The van der Waals surface area contributed by atoms with Gasteiger partial charge in [0, 0.05) is 25.1 Å². The van der Waals surface area contributed by atoms with Gasteiger partial charge in [-0.3, -0.25) is 9.59 Å². The van der Waals surface area contributed by atoms with Crippen molar-refractivity contribution in [1.82, 2.24) is 4.31 Å². The molecule has 1 saturated heterocycles. The van der Waals surface area contributed by atoms with Crippen LogP contribution >= 0.6 is 0 Å². The number of benzene rings is 2. The molecule has 1 heterocycles. The molecule has 0 aliphatic carbocycles. The van der Waals surface area contributed by atoms with E-state index in [-0.39, 0.29) is 16.9 Å². The summed E-state index contributed by atoms with van der Waals surface area (Å²) in [6.45, 7) is 0.691. The van der Waals surface area contributed by atoms with Gasteiger partial charge in [-0.25, -0.2) is 12.8 Å². The minimum atomic E-state index is -3.50. The molecule has 3 rings (SSSR count). The minimum absolute atomic E-state index is 0.0644. The van der Waals surface area contributed by atoms with Crippen molar-refractivity contribution in [3.05, 3.63) is 65.5 Å². The summed E-state index contributed by atoms with van der Waals surface area (Å²) < 4.78 is 45.0. The molecule has 0 saturated carbocycles. The molecular formula is C23H26FNO5S. The second-order valence-electron chi connectivity index (χ2n) is 7.55. The summed E-state index contributed by atoms with van der Waals surface area (Å²) in [5, 5.41) is 0. The third kappa shape index (κ3) is 6.45. The summed E-state index contributed by atoms with van der Waals surface area (Å²) in [5.41, 5.74) is 1.08. The lowest BCUT2D eigenvalue weighted by Gasteiger charge is -2.20. The van der Waals surface area contributed by atoms with Crippen LogP contribution in [0.3, 0.4) is 0 Å². The monoisotopic (exact) mass is 447 g/mol. The smallest absolute Gasteiger partial charge is 0.306 e. The van der Waals surface area contributed by atoms with Crippen molar-refractivity contribution in [2.45, 2.75) is 43.4 Å². The summed E-state index contributed by atoms with van der Waals surface area (Å²) in [6.07, 6.45) is 4.29. The molecular weight excluding hydrogens is 421 g/mol. The van der Waals surface area contributed by atoms with E-state index in [0.717, 1.165) is 31.2 Å². The molecule has 0 spiro atoms. The molecule has 0 unspecified atom stereocenters. The van der Waals surface area contributed by atoms with E-state index < -0.39 is 34.2 Å². The molecule has 0 N–H and O–H groups in total. The van der Waals surface area contributed by atoms with Gasteiger partial charge < -0.3 is 4.74 Å². The Bertz CT molecular complexity index is 995. The quantitative estimate of drug-likeness (QED) is 0.455. The Kier molecular flexibility index (Phi) is 7.92. The Hall–Kier alpha value is -2.58. The highest BCUT2D eigenvalue weighted by Crippen LogP contribution is 2.21. The van der Waals surface area contributed by atoms with E-state index in [4.69, 9.17) is 4.74 Å². The number of hydrogen-bond donors (Lipinski definition) is 0. The first-order valence-corrected chi connectivity index (χ1v) is 11.8. The maximum Gasteiger partial charge on any atom is 0.306 e. The van der Waals surface area contributed by atoms with Gasteiger partial charge in [0.1, 0.15) is 5.82 Å². The number of rotatable bonds is 8. The third-order valence-corrected chi connectivity index (χ3v) is 7.19. The zero-order valence-electron chi connectivity index (χ0n) is 17.3. The van der Waals surface area contributed by atoms with Gasteiger partial charge in [-0.15, -0.1) is 0 Å². The summed E-state index contributed by atoms with van der Waals surface area (Å²) in [5.74, 6) is -1.38. The van der Waals surface area contributed by atoms with Gasteiger partial charge in [-0.1, -0.05) is 25.0 Å². The normalized spacial score (nSPS) is 15.3. The van der Waals surface area contributed by atoms with Gasteiger partial charge in [-0.05, 0) is 61.2 Å². The molecule has 0 amide bonds. The Balaban J connectivity index is 1.48. The Morgan fingerprint density at radius 2 is 1.52 bits per heavy atom. The number of sulfonamides is 1. The van der Waals surface area contributed by atoms with E-state index in [2.05, 4.69) is 0 Å². The summed E-state index contributed by atoms with van der Waals surface area (Å²) in [4.78, 5) is 24.1. The largest absolute Gasteiger partial charge is 0.457 e. The van der Waals surface area contributed by atoms with Crippen LogP contribution in [0.4, 0.5) is 4.39 Å². The molecule has 0 atom stereocenters. The highest BCUT2D eigenvalue weighted by molar-refractivity contribution is 7.89. The van der Waals surface area contributed by atoms with Gasteiger partial charge >= 0.3 is 5.97 Å². The number of halogens is 1. The summed E-state index contributed by atoms with van der Waals surface area (Å²) >= 11 is 0. The number of ether oxygens (including phenoxy) is 1. The molecule has 2 aromatic carbocycles. The Morgan fingerprint density at radius 1 is 0.903 bits per heavy atom. The molecule has 1 aliphatic rings. The molecule has 0 radical (unpaired) electrons. The maximum absolute atomic E-state index is 12.9. The van der Waals surface area contributed by atoms with Crippen LogP contribution in [-0.2, 0) is 26.0 Å². The van der Waals surface area contributed by atoms with E-state index in [9.17, 15) is 22.4 Å². The first-order valence-electron chi connectivity index (χ1n) is 10.4. The van der Waals surface area contributed by atoms with Crippen molar-refractivity contribution in [2.24, 2.45) is 0 Å². The van der Waals surface area contributed by atoms with E-state index in [1.165, 1.54) is 24.3 Å². The van der Waals surface area contributed by atoms with Crippen molar-refractivity contribution < 1.29 is 27.1 Å². The van der Waals surface area contributed by atoms with Gasteiger partial charge in [0.25, 0.3) is 0 Å². The van der Waals surface area contributed by atoms with Gasteiger partial charge in [0.05, 0.1) is 4.90 Å². The number of nitrogens with zero attached hydrogens (tertiary/aromatic N) is 1. The Labute approximate surface area is 182 Å². The predicted molar refractivity (Wildman–Crippen MR) is 114 cm³/mol. The average Bonchev–Trinajstić information content (AvgIpc) is 3.07. The topological polar surface area (TPSA) is 80.8 Å². The van der Waals surface area contributed by atoms with Gasteiger partial charge in [0.15, 0.2) is 12.4 Å². The van der Waals surface area contributed by atoms with E-state index in [0.29, 0.717) is 19.5 Å². The number of esters is 1. The zero-order chi connectivity index (χ0) is 22.3. The van der Waals surface area contributed by atoms with Crippen molar-refractivity contribution in [3.63, 3.8) is 0 Å². The van der Waals surface area contributed by atoms with Crippen LogP contribution in [-0.4, -0.2) is 44.2 Å². The van der Waals surface area contributed by atoms with Crippen LogP contribution in [0.1, 0.15) is 48.0 Å². The van der Waals surface area contributed by atoms with Crippen molar-refractivity contribution in [3.8, 4) is 0 Å². The molecule has 1 fully saturated rings. The molecule has 6 nitrogen and oxygen atoms in total. The van der Waals surface area contributed by atoms with Crippen LogP contribution < -0.4 is 0 Å². The second-order valence-corrected chi connectivity index (χ2v) is 9.49. The molecule has 2 aromatic rings. The van der Waals surface area contributed by atoms with Gasteiger partial charge in [-0.2, -0.15) is 4.31 Å². The van der Waals surface area contributed by atoms with E-state index in [1.807, 2.05) is 0 Å². The molecule has 8 heteroatoms. The zero-order valence-corrected chi connectivity index (χ0v) is 18.1. The average molecular weight is 448 g/mol. The first kappa shape index (κ1) is 23.1. The fourth-order valence-corrected chi connectivity index (χ4v) is 4.96. The van der Waals surface area contributed by atoms with Gasteiger partial charge in [0.2, 0.25) is 10.0 Å². The lowest BCUT2D eigenvalue weighted by Crippen LogP contribution is -2.31. The van der Waals surface area contributed by atoms with Crippen LogP contribution in [0.2, 0.25) is 0 Å². The molecule has 0 bridgehead atoms. The summed E-state index contributed by atoms with van der Waals surface area (Å²) in [7, 11) is -3.50. The minimum Gasteiger partial charge on any atom is -0.457 e. The summed E-state index contributed by atoms with van der Waals surface area (Å²) in [6, 6.07) is 11.6. The third-order valence-electron chi connectivity index (χ3n) is 5.27. The number of aryl methyl sites for hydroxylation is 1. The number of ketones is 1. The maximum atomic E-state index is 12.9. The van der Waals surface area contributed by atoms with Crippen LogP contribution in [0.5, 0.6) is 0 Å². The molecule has 166 valence electrons. The lowest BCUT2D eigenvalue weighted by atomic mass is 10.1. The van der Waals surface area contributed by atoms with Crippen molar-refractivity contribution >= 4 is 21.8 Å². The number of carbonyl (C=O) groups excluding carboxylic acids is 2. The molecule has 1 aliphatic heterocycles. The number of Topliss-reactive ketones (excluding diaryl/α,β-unsaturated/α-hetero) is 1. The SMILES string of the molecule is O=C(CCc1ccc(S(=O)(=O)N2CCCCCC2)cc1)OCC(=O)c1ccc(F)cc1. The highest BCUT2D eigenvalue weighted by atomic mass is 32.2. The predicted octanol–water partition coefficient (Wildman–Crippen LogP) is 3.75. The first-order chi connectivity index (χ1) is 14.9. The van der Waals surface area contributed by atoms with Crippen LogP contribution in [0, 0.1) is 5.82 Å². The lowest BCUT2D eigenvalue weighted by molar-refractivity contribution is -0.142. The van der Waals surface area contributed by atoms with Crippen molar-refractivity contribution in [1.29, 1.82) is 0 Å². The highest BCUT2D eigenvalue weighted by Gasteiger charge is 2.24. The van der Waals surface area contributed by atoms with Crippen LogP contribution in [0.25, 0.3) is 0 Å². The van der Waals surface area contributed by atoms with E-state index in [1.54, 1.807) is 28.6 Å². The number of hydrogen-bond acceptors (Lipinski definition) is 5. The molecule has 0 aromatic heterocycles.